The van der Waals surface area contributed by atoms with Crippen molar-refractivity contribution in [1.29, 1.82) is 0 Å². The van der Waals surface area contributed by atoms with Crippen LogP contribution in [0.15, 0.2) is 60.0 Å². The van der Waals surface area contributed by atoms with Crippen LogP contribution >= 0.6 is 0 Å². The number of methoxy groups -OCH3 is 1. The van der Waals surface area contributed by atoms with Gasteiger partial charge in [-0.1, -0.05) is 42.5 Å². The first-order valence-corrected chi connectivity index (χ1v) is 12.0. The highest BCUT2D eigenvalue weighted by molar-refractivity contribution is 7.92. The summed E-state index contributed by atoms with van der Waals surface area (Å²) >= 11 is 0. The van der Waals surface area contributed by atoms with Crippen LogP contribution in [0, 0.1) is 5.92 Å². The van der Waals surface area contributed by atoms with Gasteiger partial charge in [-0.3, -0.25) is 4.79 Å². The van der Waals surface area contributed by atoms with Crippen molar-refractivity contribution in [3.63, 3.8) is 0 Å². The van der Waals surface area contributed by atoms with Crippen LogP contribution in [0.2, 0.25) is 0 Å². The molecule has 7 nitrogen and oxygen atoms in total. The molecule has 2 aromatic carbocycles. The van der Waals surface area contributed by atoms with Crippen molar-refractivity contribution in [3.8, 4) is 0 Å². The Bertz CT molecular complexity index is 1060. The van der Waals surface area contributed by atoms with Gasteiger partial charge in [0.25, 0.3) is 0 Å². The molecule has 1 amide bonds. The number of piperidine rings is 1. The summed E-state index contributed by atoms with van der Waals surface area (Å²) in [6.07, 6.45) is 2.57. The second-order valence-corrected chi connectivity index (χ2v) is 9.63. The summed E-state index contributed by atoms with van der Waals surface area (Å²) in [5.74, 6) is -0.612. The maximum absolute atomic E-state index is 12.9. The van der Waals surface area contributed by atoms with E-state index in [0.717, 1.165) is 11.1 Å². The van der Waals surface area contributed by atoms with Gasteiger partial charge < -0.3 is 9.64 Å². The van der Waals surface area contributed by atoms with Gasteiger partial charge in [0.1, 0.15) is 0 Å². The highest BCUT2D eigenvalue weighted by atomic mass is 32.2. The minimum atomic E-state index is -3.52. The third-order valence-corrected chi connectivity index (χ3v) is 7.13. The van der Waals surface area contributed by atoms with E-state index in [1.54, 1.807) is 42.3 Å². The Morgan fingerprint density at radius 3 is 2.28 bits per heavy atom. The number of hydrogen-bond donors (Lipinski definition) is 0. The first kappa shape index (κ1) is 23.7. The smallest absolute Gasteiger partial charge is 0.337 e. The van der Waals surface area contributed by atoms with E-state index in [-0.39, 0.29) is 11.8 Å². The number of carbonyl (C=O) groups excluding carboxylic acids is 2. The lowest BCUT2D eigenvalue weighted by atomic mass is 9.96. The van der Waals surface area contributed by atoms with Crippen LogP contribution in [0.3, 0.4) is 0 Å². The Hall–Kier alpha value is -2.97. The topological polar surface area (TPSA) is 84.0 Å². The molecule has 0 N–H and O–H groups in total. The molecule has 32 heavy (non-hydrogen) atoms. The van der Waals surface area contributed by atoms with Gasteiger partial charge in [-0.15, -0.1) is 0 Å². The normalized spacial score (nSPS) is 15.6. The molecule has 2 aromatic rings. The summed E-state index contributed by atoms with van der Waals surface area (Å²) in [6, 6.07) is 16.2. The van der Waals surface area contributed by atoms with Gasteiger partial charge >= 0.3 is 5.97 Å². The van der Waals surface area contributed by atoms with Crippen LogP contribution in [0.1, 0.15) is 34.3 Å². The Morgan fingerprint density at radius 1 is 1.06 bits per heavy atom. The Kier molecular flexibility index (Phi) is 7.82. The predicted octanol–water partition coefficient (Wildman–Crippen LogP) is 3.14. The van der Waals surface area contributed by atoms with Gasteiger partial charge in [0, 0.05) is 38.0 Å². The first-order valence-electron chi connectivity index (χ1n) is 10.5. The van der Waals surface area contributed by atoms with Crippen molar-refractivity contribution in [1.82, 2.24) is 9.21 Å². The minimum Gasteiger partial charge on any atom is -0.465 e. The van der Waals surface area contributed by atoms with Crippen LogP contribution in [0.25, 0.3) is 6.08 Å². The number of amides is 1. The third-order valence-electron chi connectivity index (χ3n) is 5.57. The lowest BCUT2D eigenvalue weighted by molar-refractivity contribution is -0.135. The summed E-state index contributed by atoms with van der Waals surface area (Å²) in [6.45, 7) is 1.05. The summed E-state index contributed by atoms with van der Waals surface area (Å²) in [5, 5.41) is 1.23. The van der Waals surface area contributed by atoms with Crippen molar-refractivity contribution in [3.05, 3.63) is 76.7 Å². The fourth-order valence-electron chi connectivity index (χ4n) is 3.70. The molecular weight excluding hydrogens is 428 g/mol. The molecule has 0 aliphatic carbocycles. The predicted molar refractivity (Wildman–Crippen MR) is 123 cm³/mol. The number of nitrogens with zero attached hydrogens (tertiary/aromatic N) is 2. The van der Waals surface area contributed by atoms with Crippen LogP contribution < -0.4 is 0 Å². The van der Waals surface area contributed by atoms with E-state index in [1.807, 2.05) is 30.3 Å². The summed E-state index contributed by atoms with van der Waals surface area (Å²) in [5.41, 5.74) is 2.18. The SMILES string of the molecule is COC(=O)c1ccc(CN(C)C(=O)C2CCN(S(=O)(=O)C=Cc3ccccc3)CC2)cc1. The molecule has 0 radical (unpaired) electrons. The van der Waals surface area contributed by atoms with E-state index < -0.39 is 16.0 Å². The highest BCUT2D eigenvalue weighted by Gasteiger charge is 2.31. The zero-order valence-corrected chi connectivity index (χ0v) is 19.1. The minimum absolute atomic E-state index is 0.001000. The average Bonchev–Trinajstić information content (AvgIpc) is 2.83. The van der Waals surface area contributed by atoms with Crippen molar-refractivity contribution in [2.24, 2.45) is 5.92 Å². The van der Waals surface area contributed by atoms with Gasteiger partial charge in [0.2, 0.25) is 15.9 Å². The fraction of sp³-hybridized carbons (Fsp3) is 0.333. The van der Waals surface area contributed by atoms with Crippen LogP contribution in [-0.2, 0) is 26.1 Å². The molecule has 1 aliphatic rings. The maximum atomic E-state index is 12.9. The molecule has 0 spiro atoms. The van der Waals surface area contributed by atoms with Crippen LogP contribution in [0.5, 0.6) is 0 Å². The number of sulfonamides is 1. The molecule has 8 heteroatoms. The van der Waals surface area contributed by atoms with E-state index >= 15 is 0 Å². The summed E-state index contributed by atoms with van der Waals surface area (Å²) in [4.78, 5) is 26.0. The number of carbonyl (C=O) groups is 2. The van der Waals surface area contributed by atoms with Crippen LogP contribution in [-0.4, -0.2) is 56.7 Å². The van der Waals surface area contributed by atoms with Gasteiger partial charge in [0.05, 0.1) is 12.7 Å². The lowest BCUT2D eigenvalue weighted by Gasteiger charge is -2.32. The van der Waals surface area contributed by atoms with Gasteiger partial charge in [-0.2, -0.15) is 4.31 Å². The molecule has 3 rings (SSSR count). The number of ether oxygens (including phenoxy) is 1. The summed E-state index contributed by atoms with van der Waals surface area (Å²) in [7, 11) is -0.452. The molecule has 0 atom stereocenters. The Balaban J connectivity index is 1.53. The van der Waals surface area contributed by atoms with E-state index in [0.29, 0.717) is 38.0 Å². The number of esters is 1. The van der Waals surface area contributed by atoms with Gasteiger partial charge in [0.15, 0.2) is 0 Å². The van der Waals surface area contributed by atoms with E-state index in [9.17, 15) is 18.0 Å². The Morgan fingerprint density at radius 2 is 1.69 bits per heavy atom. The fourth-order valence-corrected chi connectivity index (χ4v) is 4.92. The largest absolute Gasteiger partial charge is 0.465 e. The Labute approximate surface area is 189 Å². The number of rotatable bonds is 7. The molecular formula is C24H28N2O5S. The molecule has 1 heterocycles. The van der Waals surface area contributed by atoms with Gasteiger partial charge in [-0.05, 0) is 42.2 Å². The van der Waals surface area contributed by atoms with Crippen molar-refractivity contribution < 1.29 is 22.7 Å². The van der Waals surface area contributed by atoms with Crippen LogP contribution in [0.4, 0.5) is 0 Å². The first-order chi connectivity index (χ1) is 15.3. The summed E-state index contributed by atoms with van der Waals surface area (Å²) < 4.78 is 31.4. The standard InChI is InChI=1S/C24H28N2O5S/c1-25(18-20-8-10-22(11-9-20)24(28)31-2)23(27)21-12-15-26(16-13-21)32(29,30)17-14-19-6-4-3-5-7-19/h3-11,14,17,21H,12-13,15-16,18H2,1-2H3. The van der Waals surface area contributed by atoms with E-state index in [2.05, 4.69) is 0 Å². The van der Waals surface area contributed by atoms with Gasteiger partial charge in [-0.25, -0.2) is 13.2 Å². The molecule has 1 saturated heterocycles. The highest BCUT2D eigenvalue weighted by Crippen LogP contribution is 2.23. The third kappa shape index (κ3) is 6.05. The van der Waals surface area contributed by atoms with E-state index in [4.69, 9.17) is 4.74 Å². The van der Waals surface area contributed by atoms with E-state index in [1.165, 1.54) is 16.8 Å². The molecule has 0 aromatic heterocycles. The second-order valence-electron chi connectivity index (χ2n) is 7.81. The molecule has 170 valence electrons. The lowest BCUT2D eigenvalue weighted by Crippen LogP contribution is -2.42. The number of benzene rings is 2. The molecule has 0 saturated carbocycles. The van der Waals surface area contributed by atoms with Crippen molar-refractivity contribution in [2.75, 3.05) is 27.2 Å². The second kappa shape index (κ2) is 10.6. The monoisotopic (exact) mass is 456 g/mol. The molecule has 1 fully saturated rings. The zero-order chi connectivity index (χ0) is 23.1. The van der Waals surface area contributed by atoms with Crippen molar-refractivity contribution in [2.45, 2.75) is 19.4 Å². The zero-order valence-electron chi connectivity index (χ0n) is 18.3. The molecule has 1 aliphatic heterocycles. The average molecular weight is 457 g/mol. The molecule has 0 unspecified atom stereocenters. The number of hydrogen-bond acceptors (Lipinski definition) is 5. The molecule has 0 bridgehead atoms. The van der Waals surface area contributed by atoms with Crippen molar-refractivity contribution >= 4 is 28.0 Å². The quantitative estimate of drug-likeness (QED) is 0.598. The maximum Gasteiger partial charge on any atom is 0.337 e.